The van der Waals surface area contributed by atoms with E-state index in [1.807, 2.05) is 13.0 Å². The Bertz CT molecular complexity index is 811. The highest BCUT2D eigenvalue weighted by molar-refractivity contribution is 5.90. The van der Waals surface area contributed by atoms with Gasteiger partial charge < -0.3 is 24.4 Å². The first-order chi connectivity index (χ1) is 20.4. The summed E-state index contributed by atoms with van der Waals surface area (Å²) in [5.41, 5.74) is 0.694. The van der Waals surface area contributed by atoms with Crippen molar-refractivity contribution in [2.75, 3.05) is 0 Å². The number of ketones is 1. The molecule has 0 spiro atoms. The predicted octanol–water partition coefficient (Wildman–Crippen LogP) is 7.29. The molecule has 0 aromatic heterocycles. The van der Waals surface area contributed by atoms with Gasteiger partial charge in [0.2, 0.25) is 0 Å². The smallest absolute Gasteiger partial charge is 0.334 e. The number of carbonyl (C=O) groups excluding carboxylic acids is 2. The van der Waals surface area contributed by atoms with Crippen molar-refractivity contribution in [2.45, 2.75) is 198 Å². The quantitative estimate of drug-likeness (QED) is 0.101. The maximum atomic E-state index is 12.6. The van der Waals surface area contributed by atoms with Gasteiger partial charge in [-0.15, -0.1) is 0 Å². The van der Waals surface area contributed by atoms with Crippen LogP contribution < -0.4 is 0 Å². The van der Waals surface area contributed by atoms with Crippen LogP contribution in [0.1, 0.15) is 155 Å². The summed E-state index contributed by atoms with van der Waals surface area (Å²) in [6.07, 6.45) is 21.9. The summed E-state index contributed by atoms with van der Waals surface area (Å²) in [6, 6.07) is 0. The molecule has 0 bridgehead atoms. The lowest BCUT2D eigenvalue weighted by molar-refractivity contribution is -0.140. The van der Waals surface area contributed by atoms with Crippen LogP contribution >= 0.6 is 0 Å². The van der Waals surface area contributed by atoms with Crippen molar-refractivity contribution in [3.8, 4) is 0 Å². The minimum absolute atomic E-state index is 0.0283. The average molecular weight is 593 g/mol. The van der Waals surface area contributed by atoms with Crippen LogP contribution in [0.25, 0.3) is 0 Å². The summed E-state index contributed by atoms with van der Waals surface area (Å²) >= 11 is 0. The van der Waals surface area contributed by atoms with Gasteiger partial charge in [-0.1, -0.05) is 77.6 Å². The number of carbonyl (C=O) groups is 2. The Kier molecular flexibility index (Phi) is 16.7. The van der Waals surface area contributed by atoms with Gasteiger partial charge in [0.15, 0.2) is 0 Å². The maximum absolute atomic E-state index is 12.6. The molecule has 0 aliphatic carbocycles. The topological polar surface area (TPSA) is 102 Å². The van der Waals surface area contributed by atoms with Gasteiger partial charge in [0.05, 0.1) is 36.6 Å². The van der Waals surface area contributed by atoms with Gasteiger partial charge in [0.25, 0.3) is 0 Å². The normalized spacial score (nSPS) is 27.6. The summed E-state index contributed by atoms with van der Waals surface area (Å²) < 4.78 is 17.4. The number of aliphatic hydroxyl groups is 2. The third-order valence-electron chi connectivity index (χ3n) is 9.33. The molecular formula is C35H60O7. The molecule has 0 unspecified atom stereocenters. The largest absolute Gasteiger partial charge is 0.455 e. The summed E-state index contributed by atoms with van der Waals surface area (Å²) in [7, 11) is 0. The van der Waals surface area contributed by atoms with Crippen molar-refractivity contribution in [1.29, 1.82) is 0 Å². The molecule has 3 aliphatic rings. The second kappa shape index (κ2) is 19.9. The Morgan fingerprint density at radius 3 is 1.98 bits per heavy atom. The Morgan fingerprint density at radius 1 is 0.810 bits per heavy atom. The van der Waals surface area contributed by atoms with Crippen molar-refractivity contribution in [2.24, 2.45) is 0 Å². The molecule has 7 atom stereocenters. The molecule has 0 amide bonds. The lowest BCUT2D eigenvalue weighted by atomic mass is 9.95. The van der Waals surface area contributed by atoms with Gasteiger partial charge in [-0.05, 0) is 64.4 Å². The molecule has 42 heavy (non-hydrogen) atoms. The number of cyclic esters (lactones) is 1. The van der Waals surface area contributed by atoms with E-state index in [2.05, 4.69) is 6.92 Å². The molecule has 0 saturated carbocycles. The van der Waals surface area contributed by atoms with Crippen LogP contribution in [-0.4, -0.2) is 64.7 Å². The van der Waals surface area contributed by atoms with E-state index in [-0.39, 0.29) is 42.3 Å². The van der Waals surface area contributed by atoms with Crippen LogP contribution in [0.15, 0.2) is 11.6 Å². The van der Waals surface area contributed by atoms with Crippen LogP contribution in [-0.2, 0) is 23.8 Å². The Labute approximate surface area is 255 Å². The molecule has 0 radical (unpaired) electrons. The van der Waals surface area contributed by atoms with E-state index >= 15 is 0 Å². The first kappa shape index (κ1) is 35.2. The monoisotopic (exact) mass is 592 g/mol. The van der Waals surface area contributed by atoms with Crippen LogP contribution in [0.2, 0.25) is 0 Å². The average Bonchev–Trinajstić information content (AvgIpc) is 3.58. The highest BCUT2D eigenvalue weighted by Gasteiger charge is 2.34. The van der Waals surface area contributed by atoms with Gasteiger partial charge >= 0.3 is 5.97 Å². The van der Waals surface area contributed by atoms with Gasteiger partial charge in [-0.2, -0.15) is 0 Å². The van der Waals surface area contributed by atoms with E-state index in [0.717, 1.165) is 57.8 Å². The van der Waals surface area contributed by atoms with E-state index in [0.29, 0.717) is 31.3 Å². The molecular weight excluding hydrogens is 532 g/mol. The third kappa shape index (κ3) is 13.2. The van der Waals surface area contributed by atoms with Crippen molar-refractivity contribution in [1.82, 2.24) is 0 Å². The molecule has 0 aromatic carbocycles. The number of esters is 1. The summed E-state index contributed by atoms with van der Waals surface area (Å²) in [4.78, 5) is 24.5. The lowest BCUT2D eigenvalue weighted by Gasteiger charge is -2.30. The third-order valence-corrected chi connectivity index (χ3v) is 9.33. The number of ether oxygens (including phenoxy) is 3. The summed E-state index contributed by atoms with van der Waals surface area (Å²) in [6.45, 7) is 4.11. The standard InChI is InChI=1S/C35H60O7/c1-3-4-5-6-7-8-9-10-11-12-19-31(37)33-21-22-34(42-33)32(38)20-14-13-16-28(36)25-30-18-15-17-29(41-30)24-27-23-26(2)40-35(27)39/h23,26,29-34,37-38H,3-22,24-25H2,1-2H3/t26-,29+,30-,31+,32-,33+,34-/m0/s1. The van der Waals surface area contributed by atoms with Gasteiger partial charge in [0.1, 0.15) is 11.9 Å². The lowest BCUT2D eigenvalue weighted by Crippen LogP contribution is -2.31. The Balaban J connectivity index is 1.19. The zero-order valence-corrected chi connectivity index (χ0v) is 26.6. The highest BCUT2D eigenvalue weighted by atomic mass is 16.5. The van der Waals surface area contributed by atoms with Crippen LogP contribution in [0.4, 0.5) is 0 Å². The number of rotatable bonds is 22. The predicted molar refractivity (Wildman–Crippen MR) is 165 cm³/mol. The summed E-state index contributed by atoms with van der Waals surface area (Å²) in [5, 5.41) is 21.3. The zero-order valence-electron chi connectivity index (χ0n) is 26.6. The summed E-state index contributed by atoms with van der Waals surface area (Å²) in [5.74, 6) is -0.0407. The van der Waals surface area contributed by atoms with Crippen LogP contribution in [0.3, 0.4) is 0 Å². The highest BCUT2D eigenvalue weighted by Crippen LogP contribution is 2.30. The Morgan fingerprint density at radius 2 is 1.38 bits per heavy atom. The fourth-order valence-electron chi connectivity index (χ4n) is 6.81. The molecule has 3 heterocycles. The molecule has 7 nitrogen and oxygen atoms in total. The van der Waals surface area contributed by atoms with Crippen molar-refractivity contribution in [3.63, 3.8) is 0 Å². The van der Waals surface area contributed by atoms with E-state index in [9.17, 15) is 19.8 Å². The molecule has 242 valence electrons. The first-order valence-electron chi connectivity index (χ1n) is 17.5. The number of aliphatic hydroxyl groups excluding tert-OH is 2. The number of Topliss-reactive ketones (excluding diaryl/α,β-unsaturated/α-hetero) is 1. The van der Waals surface area contributed by atoms with Crippen molar-refractivity contribution >= 4 is 11.8 Å². The van der Waals surface area contributed by atoms with Crippen LogP contribution in [0.5, 0.6) is 0 Å². The minimum atomic E-state index is -0.545. The van der Waals surface area contributed by atoms with Crippen LogP contribution in [0, 0.1) is 0 Å². The molecule has 2 fully saturated rings. The second-order valence-corrected chi connectivity index (χ2v) is 13.2. The van der Waals surface area contributed by atoms with Gasteiger partial charge in [0, 0.05) is 24.8 Å². The number of hydrogen-bond donors (Lipinski definition) is 2. The second-order valence-electron chi connectivity index (χ2n) is 13.2. The first-order valence-corrected chi connectivity index (χ1v) is 17.5. The molecule has 2 saturated heterocycles. The molecule has 0 aromatic rings. The van der Waals surface area contributed by atoms with Crippen molar-refractivity contribution in [3.05, 3.63) is 11.6 Å². The van der Waals surface area contributed by atoms with Gasteiger partial charge in [-0.3, -0.25) is 4.79 Å². The maximum Gasteiger partial charge on any atom is 0.334 e. The molecule has 3 aliphatic heterocycles. The van der Waals surface area contributed by atoms with Crippen molar-refractivity contribution < 1.29 is 34.0 Å². The fraction of sp³-hybridized carbons (Fsp3) is 0.886. The SMILES string of the molecule is CCCCCCCCCCCC[C@@H](O)[C@H]1CC[C@@H]([C@@H](O)CCCCC(=O)C[C@@H]2CCC[C@H](CC3=C[C@H](C)OC3=O)O2)O1. The molecule has 2 N–H and O–H groups in total. The van der Waals surface area contributed by atoms with E-state index < -0.39 is 12.2 Å². The Hall–Kier alpha value is -1.28. The van der Waals surface area contributed by atoms with E-state index in [1.165, 1.54) is 57.8 Å². The number of unbranched alkanes of at least 4 members (excludes halogenated alkanes) is 10. The number of hydrogen-bond acceptors (Lipinski definition) is 7. The van der Waals surface area contributed by atoms with Gasteiger partial charge in [-0.25, -0.2) is 4.79 Å². The van der Waals surface area contributed by atoms with E-state index in [4.69, 9.17) is 14.2 Å². The minimum Gasteiger partial charge on any atom is -0.455 e. The zero-order chi connectivity index (χ0) is 30.2. The van der Waals surface area contributed by atoms with E-state index in [1.54, 1.807) is 0 Å². The fourth-order valence-corrected chi connectivity index (χ4v) is 6.81. The molecule has 7 heteroatoms. The molecule has 3 rings (SSSR count).